The maximum Gasteiger partial charge on any atom is 0.276 e. The van der Waals surface area contributed by atoms with E-state index < -0.39 is 16.7 Å². The highest BCUT2D eigenvalue weighted by molar-refractivity contribution is 7.80. The van der Waals surface area contributed by atoms with Crippen LogP contribution in [0.3, 0.4) is 0 Å². The lowest BCUT2D eigenvalue weighted by atomic mass is 10.1. The van der Waals surface area contributed by atoms with Crippen molar-refractivity contribution in [2.75, 3.05) is 11.4 Å². The molecule has 1 aliphatic heterocycles. The standard InChI is InChI=1S/C22H19N3O4S/c1-2-15-23-20(26)18(13-8-10-16-9-6-7-14-19(16)25(28)29)21(27)24(22(23)30)17-11-4-3-5-12-17/h3-14H,2,15H2,1H3/b10-8+,18-13+. The van der Waals surface area contributed by atoms with Crippen LogP contribution in [0, 0.1) is 10.1 Å². The first-order valence-electron chi connectivity index (χ1n) is 9.32. The molecule has 152 valence electrons. The van der Waals surface area contributed by atoms with Crippen molar-refractivity contribution in [1.29, 1.82) is 0 Å². The highest BCUT2D eigenvalue weighted by atomic mass is 32.1. The van der Waals surface area contributed by atoms with E-state index in [0.717, 1.165) is 0 Å². The number of allylic oxidation sites excluding steroid dienone is 2. The zero-order valence-corrected chi connectivity index (χ0v) is 17.0. The fourth-order valence-corrected chi connectivity index (χ4v) is 3.43. The number of benzene rings is 2. The molecular formula is C22H19N3O4S. The molecule has 2 aromatic carbocycles. The summed E-state index contributed by atoms with van der Waals surface area (Å²) in [7, 11) is 0. The molecule has 0 atom stereocenters. The van der Waals surface area contributed by atoms with Gasteiger partial charge in [0.15, 0.2) is 5.11 Å². The molecule has 0 bridgehead atoms. The third-order valence-corrected chi connectivity index (χ3v) is 4.87. The Balaban J connectivity index is 2.00. The van der Waals surface area contributed by atoms with Crippen molar-refractivity contribution in [3.05, 3.63) is 88.0 Å². The van der Waals surface area contributed by atoms with E-state index in [2.05, 4.69) is 0 Å². The van der Waals surface area contributed by atoms with Gasteiger partial charge in [-0.2, -0.15) is 0 Å². The number of carbonyl (C=O) groups is 2. The van der Waals surface area contributed by atoms with Crippen molar-refractivity contribution in [2.24, 2.45) is 0 Å². The highest BCUT2D eigenvalue weighted by Gasteiger charge is 2.39. The number of nitro groups is 1. The molecule has 0 spiro atoms. The normalized spacial score (nSPS) is 16.0. The third-order valence-electron chi connectivity index (χ3n) is 4.46. The van der Waals surface area contributed by atoms with Crippen molar-refractivity contribution < 1.29 is 14.5 Å². The second kappa shape index (κ2) is 9.23. The molecule has 1 aliphatic rings. The van der Waals surface area contributed by atoms with Crippen molar-refractivity contribution in [1.82, 2.24) is 4.90 Å². The van der Waals surface area contributed by atoms with Gasteiger partial charge in [0, 0.05) is 12.6 Å². The van der Waals surface area contributed by atoms with Gasteiger partial charge in [0.05, 0.1) is 16.2 Å². The number of thiocarbonyl (C=S) groups is 1. The van der Waals surface area contributed by atoms with Gasteiger partial charge in [0.2, 0.25) is 0 Å². The Bertz CT molecular complexity index is 1060. The Morgan fingerprint density at radius 3 is 2.37 bits per heavy atom. The van der Waals surface area contributed by atoms with Gasteiger partial charge in [-0.05, 0) is 49.0 Å². The Labute approximate surface area is 179 Å². The molecule has 1 fully saturated rings. The second-order valence-corrected chi connectivity index (χ2v) is 6.84. The number of amides is 2. The summed E-state index contributed by atoms with van der Waals surface area (Å²) in [5.74, 6) is -1.01. The first-order chi connectivity index (χ1) is 14.5. The highest BCUT2D eigenvalue weighted by Crippen LogP contribution is 2.25. The fourth-order valence-electron chi connectivity index (χ4n) is 3.06. The van der Waals surface area contributed by atoms with Crippen molar-refractivity contribution >= 4 is 46.6 Å². The van der Waals surface area contributed by atoms with Gasteiger partial charge < -0.3 is 0 Å². The summed E-state index contributed by atoms with van der Waals surface area (Å²) in [6.07, 6.45) is 5.01. The van der Waals surface area contributed by atoms with Crippen LogP contribution in [0.25, 0.3) is 6.08 Å². The van der Waals surface area contributed by atoms with E-state index in [4.69, 9.17) is 12.2 Å². The topological polar surface area (TPSA) is 83.8 Å². The quantitative estimate of drug-likeness (QED) is 0.230. The lowest BCUT2D eigenvalue weighted by molar-refractivity contribution is -0.385. The van der Waals surface area contributed by atoms with Crippen LogP contribution in [-0.4, -0.2) is 33.3 Å². The zero-order chi connectivity index (χ0) is 21.7. The smallest absolute Gasteiger partial charge is 0.276 e. The van der Waals surface area contributed by atoms with Gasteiger partial charge in [-0.15, -0.1) is 0 Å². The molecule has 0 aromatic heterocycles. The largest absolute Gasteiger partial charge is 0.284 e. The SMILES string of the molecule is CCCN1C(=O)/C(=C\C=C\c2ccccc2[N+](=O)[O-])C(=O)N(c2ccccc2)C1=S. The number of nitro benzene ring substituents is 1. The molecule has 7 nitrogen and oxygen atoms in total. The number of anilines is 1. The minimum atomic E-state index is -0.532. The molecular weight excluding hydrogens is 402 g/mol. The van der Waals surface area contributed by atoms with Crippen LogP contribution < -0.4 is 4.90 Å². The molecule has 0 saturated carbocycles. The number of rotatable bonds is 6. The minimum absolute atomic E-state index is 0.0595. The maximum atomic E-state index is 13.1. The van der Waals surface area contributed by atoms with Crippen LogP contribution in [0.5, 0.6) is 0 Å². The summed E-state index contributed by atoms with van der Waals surface area (Å²) in [4.78, 5) is 39.4. The number of nitrogens with zero attached hydrogens (tertiary/aromatic N) is 3. The molecule has 1 saturated heterocycles. The van der Waals surface area contributed by atoms with Gasteiger partial charge >= 0.3 is 0 Å². The molecule has 0 unspecified atom stereocenters. The molecule has 1 heterocycles. The predicted molar refractivity (Wildman–Crippen MR) is 119 cm³/mol. The van der Waals surface area contributed by atoms with Crippen LogP contribution >= 0.6 is 12.2 Å². The summed E-state index contributed by atoms with van der Waals surface area (Å²) in [6, 6.07) is 15.1. The van der Waals surface area contributed by atoms with Crippen molar-refractivity contribution in [3.8, 4) is 0 Å². The number of hydrogen-bond acceptors (Lipinski definition) is 5. The Kier molecular flexibility index (Phi) is 6.48. The number of carbonyl (C=O) groups excluding carboxylic acids is 2. The summed E-state index contributed by atoms with van der Waals surface area (Å²) >= 11 is 5.43. The minimum Gasteiger partial charge on any atom is -0.284 e. The van der Waals surface area contributed by atoms with E-state index in [1.807, 2.05) is 13.0 Å². The molecule has 3 rings (SSSR count). The Morgan fingerprint density at radius 1 is 1.03 bits per heavy atom. The average Bonchev–Trinajstić information content (AvgIpc) is 2.74. The lowest BCUT2D eigenvalue weighted by Gasteiger charge is -2.36. The van der Waals surface area contributed by atoms with Gasteiger partial charge in [0.1, 0.15) is 5.57 Å². The van der Waals surface area contributed by atoms with Crippen LogP contribution in [0.1, 0.15) is 18.9 Å². The van der Waals surface area contributed by atoms with Crippen LogP contribution in [0.15, 0.2) is 72.3 Å². The van der Waals surface area contributed by atoms with E-state index >= 15 is 0 Å². The molecule has 0 aliphatic carbocycles. The summed E-state index contributed by atoms with van der Waals surface area (Å²) in [5.41, 5.74) is 0.814. The number of para-hydroxylation sites is 2. The van der Waals surface area contributed by atoms with Crippen LogP contribution in [-0.2, 0) is 9.59 Å². The van der Waals surface area contributed by atoms with E-state index in [-0.39, 0.29) is 16.4 Å². The lowest BCUT2D eigenvalue weighted by Crippen LogP contribution is -2.56. The molecule has 30 heavy (non-hydrogen) atoms. The van der Waals surface area contributed by atoms with Gasteiger partial charge in [-0.3, -0.25) is 29.5 Å². The summed E-state index contributed by atoms with van der Waals surface area (Å²) in [6.45, 7) is 2.29. The molecule has 8 heteroatoms. The van der Waals surface area contributed by atoms with E-state index in [0.29, 0.717) is 24.2 Å². The number of hydrogen-bond donors (Lipinski definition) is 0. The van der Waals surface area contributed by atoms with Crippen LogP contribution in [0.2, 0.25) is 0 Å². The predicted octanol–water partition coefficient (Wildman–Crippen LogP) is 4.10. The summed E-state index contributed by atoms with van der Waals surface area (Å²) < 4.78 is 0. The van der Waals surface area contributed by atoms with Gasteiger partial charge in [0.25, 0.3) is 17.5 Å². The van der Waals surface area contributed by atoms with E-state index in [1.165, 1.54) is 34.1 Å². The summed E-state index contributed by atoms with van der Waals surface area (Å²) in [5, 5.41) is 11.3. The maximum absolute atomic E-state index is 13.1. The zero-order valence-electron chi connectivity index (χ0n) is 16.2. The van der Waals surface area contributed by atoms with Crippen molar-refractivity contribution in [2.45, 2.75) is 13.3 Å². The van der Waals surface area contributed by atoms with E-state index in [1.54, 1.807) is 42.5 Å². The monoisotopic (exact) mass is 421 g/mol. The molecule has 2 amide bonds. The average molecular weight is 421 g/mol. The Morgan fingerprint density at radius 2 is 1.70 bits per heavy atom. The first-order valence-corrected chi connectivity index (χ1v) is 9.73. The van der Waals surface area contributed by atoms with Crippen molar-refractivity contribution in [3.63, 3.8) is 0 Å². The van der Waals surface area contributed by atoms with Crippen LogP contribution in [0.4, 0.5) is 11.4 Å². The van der Waals surface area contributed by atoms with Gasteiger partial charge in [-0.25, -0.2) is 0 Å². The molecule has 0 N–H and O–H groups in total. The molecule has 0 radical (unpaired) electrons. The molecule has 2 aromatic rings. The van der Waals surface area contributed by atoms with Gasteiger partial charge in [-0.1, -0.05) is 43.3 Å². The first kappa shape index (κ1) is 21.1. The van der Waals surface area contributed by atoms with E-state index in [9.17, 15) is 19.7 Å². The Hall–Kier alpha value is -3.65. The second-order valence-electron chi connectivity index (χ2n) is 6.47. The fraction of sp³-hybridized carbons (Fsp3) is 0.136. The third kappa shape index (κ3) is 4.18.